The first-order valence-electron chi connectivity index (χ1n) is 13.2. The molecule has 6 rings (SSSR count). The molecule has 2 aromatic carbocycles. The molecule has 212 valence electrons. The van der Waals surface area contributed by atoms with Crippen LogP contribution >= 0.6 is 0 Å². The van der Waals surface area contributed by atoms with Gasteiger partial charge in [-0.05, 0) is 18.2 Å². The van der Waals surface area contributed by atoms with Gasteiger partial charge in [0.15, 0.2) is 11.2 Å². The van der Waals surface area contributed by atoms with Gasteiger partial charge < -0.3 is 4.90 Å². The van der Waals surface area contributed by atoms with E-state index in [4.69, 9.17) is 0 Å². The Kier molecular flexibility index (Phi) is 6.53. The summed E-state index contributed by atoms with van der Waals surface area (Å²) in [6.45, 7) is 1.54. The number of anilines is 2. The number of piperazine rings is 1. The van der Waals surface area contributed by atoms with Crippen LogP contribution in [0.15, 0.2) is 58.1 Å². The second kappa shape index (κ2) is 10.1. The molecule has 0 aliphatic carbocycles. The van der Waals surface area contributed by atoms with Gasteiger partial charge in [-0.2, -0.15) is 4.98 Å². The molecular weight excluding hydrogens is 536 g/mol. The number of benzene rings is 2. The van der Waals surface area contributed by atoms with Crippen molar-refractivity contribution in [2.24, 2.45) is 14.1 Å². The van der Waals surface area contributed by atoms with E-state index >= 15 is 0 Å². The molecule has 13 heteroatoms. The van der Waals surface area contributed by atoms with E-state index in [-0.39, 0.29) is 29.8 Å². The number of aryl methyl sites for hydroxylation is 1. The lowest BCUT2D eigenvalue weighted by molar-refractivity contribution is -0.123. The number of halogens is 2. The standard InChI is InChI=1S/C28H27F2N7O4/c1-32-24-23(26(40)33(2)28(32)41)36(16-17-7-3-4-8-18(17)29)27(31-24)35-13-11-34(12-14-35)21-15-22(38)37(25(21)39)20-10-6-5-9-19(20)30/h3-10,21H,11-16H2,1-2H3. The van der Waals surface area contributed by atoms with Crippen molar-refractivity contribution in [2.75, 3.05) is 36.0 Å². The molecule has 2 aromatic heterocycles. The maximum atomic E-state index is 14.7. The number of para-hydroxylation sites is 1. The van der Waals surface area contributed by atoms with Gasteiger partial charge >= 0.3 is 5.69 Å². The van der Waals surface area contributed by atoms with Crippen LogP contribution < -0.4 is 21.0 Å². The topological polar surface area (TPSA) is 106 Å². The monoisotopic (exact) mass is 563 g/mol. The second-order valence-corrected chi connectivity index (χ2v) is 10.2. The molecule has 0 saturated carbocycles. The highest BCUT2D eigenvalue weighted by molar-refractivity contribution is 6.22. The summed E-state index contributed by atoms with van der Waals surface area (Å²) in [7, 11) is 2.91. The number of rotatable bonds is 5. The fourth-order valence-corrected chi connectivity index (χ4v) is 5.64. The van der Waals surface area contributed by atoms with Crippen molar-refractivity contribution in [3.8, 4) is 0 Å². The molecule has 11 nitrogen and oxygen atoms in total. The van der Waals surface area contributed by atoms with Crippen LogP contribution in [0.5, 0.6) is 0 Å². The zero-order valence-corrected chi connectivity index (χ0v) is 22.5. The SMILES string of the molecule is Cn1c(=O)c2c(nc(N3CCN(C4CC(=O)N(c5ccccc5F)C4=O)CC3)n2Cc2ccccc2F)n(C)c1=O. The highest BCUT2D eigenvalue weighted by Crippen LogP contribution is 2.29. The van der Waals surface area contributed by atoms with Crippen LogP contribution in [-0.2, 0) is 30.2 Å². The smallest absolute Gasteiger partial charge is 0.332 e. The summed E-state index contributed by atoms with van der Waals surface area (Å²) in [5.74, 6) is -1.62. The fourth-order valence-electron chi connectivity index (χ4n) is 5.64. The summed E-state index contributed by atoms with van der Waals surface area (Å²) >= 11 is 0. The summed E-state index contributed by atoms with van der Waals surface area (Å²) in [5, 5.41) is 0. The van der Waals surface area contributed by atoms with Gasteiger partial charge in [0.25, 0.3) is 11.5 Å². The lowest BCUT2D eigenvalue weighted by atomic mass is 10.1. The predicted molar refractivity (Wildman–Crippen MR) is 147 cm³/mol. The Morgan fingerprint density at radius 1 is 0.854 bits per heavy atom. The number of amides is 2. The van der Waals surface area contributed by atoms with Crippen molar-refractivity contribution in [3.63, 3.8) is 0 Å². The van der Waals surface area contributed by atoms with Gasteiger partial charge in [0.05, 0.1) is 24.7 Å². The average Bonchev–Trinajstić information content (AvgIpc) is 3.49. The first-order valence-corrected chi connectivity index (χ1v) is 13.2. The Bertz CT molecular complexity index is 1820. The Morgan fingerprint density at radius 2 is 1.51 bits per heavy atom. The zero-order chi connectivity index (χ0) is 29.0. The number of fused-ring (bicyclic) bond motifs is 1. The number of nitrogens with zero attached hydrogens (tertiary/aromatic N) is 7. The highest BCUT2D eigenvalue weighted by Gasteiger charge is 2.44. The number of hydrogen-bond donors (Lipinski definition) is 0. The third kappa shape index (κ3) is 4.32. The number of hydrogen-bond acceptors (Lipinski definition) is 7. The summed E-state index contributed by atoms with van der Waals surface area (Å²) in [4.78, 5) is 61.2. The summed E-state index contributed by atoms with van der Waals surface area (Å²) in [6.07, 6.45) is -0.0584. The third-order valence-electron chi connectivity index (χ3n) is 7.87. The third-order valence-corrected chi connectivity index (χ3v) is 7.87. The van der Waals surface area contributed by atoms with E-state index in [2.05, 4.69) is 4.98 Å². The van der Waals surface area contributed by atoms with Gasteiger partial charge in [-0.3, -0.25) is 33.0 Å². The number of carbonyl (C=O) groups excluding carboxylic acids is 2. The number of imide groups is 1. The van der Waals surface area contributed by atoms with Crippen molar-refractivity contribution in [3.05, 3.63) is 86.6 Å². The second-order valence-electron chi connectivity index (χ2n) is 10.2. The molecule has 4 heterocycles. The Labute approximate surface area is 232 Å². The molecule has 2 aliphatic rings. The maximum Gasteiger partial charge on any atom is 0.332 e. The number of carbonyl (C=O) groups is 2. The van der Waals surface area contributed by atoms with Gasteiger partial charge in [-0.15, -0.1) is 0 Å². The van der Waals surface area contributed by atoms with Gasteiger partial charge in [0.2, 0.25) is 11.9 Å². The molecule has 1 unspecified atom stereocenters. The van der Waals surface area contributed by atoms with E-state index in [1.807, 2.05) is 9.80 Å². The first kappa shape index (κ1) is 26.6. The largest absolute Gasteiger partial charge is 0.340 e. The molecule has 0 N–H and O–H groups in total. The normalized spacial score (nSPS) is 18.2. The maximum absolute atomic E-state index is 14.7. The molecule has 2 amide bonds. The Balaban J connectivity index is 1.31. The molecule has 41 heavy (non-hydrogen) atoms. The van der Waals surface area contributed by atoms with E-state index in [1.54, 1.807) is 28.8 Å². The molecule has 0 radical (unpaired) electrons. The molecule has 1 atom stereocenters. The van der Waals surface area contributed by atoms with Crippen LogP contribution in [0, 0.1) is 11.6 Å². The lowest BCUT2D eigenvalue weighted by Gasteiger charge is -2.37. The van der Waals surface area contributed by atoms with E-state index in [0.717, 1.165) is 9.47 Å². The molecule has 2 saturated heterocycles. The molecule has 0 spiro atoms. The van der Waals surface area contributed by atoms with Crippen LogP contribution in [0.25, 0.3) is 11.2 Å². The van der Waals surface area contributed by atoms with Crippen LogP contribution in [0.3, 0.4) is 0 Å². The first-order chi connectivity index (χ1) is 19.7. The van der Waals surface area contributed by atoms with E-state index in [1.165, 1.54) is 42.9 Å². The van der Waals surface area contributed by atoms with E-state index < -0.39 is 40.7 Å². The lowest BCUT2D eigenvalue weighted by Crippen LogP contribution is -2.53. The average molecular weight is 564 g/mol. The highest BCUT2D eigenvalue weighted by atomic mass is 19.1. The molecule has 0 bridgehead atoms. The van der Waals surface area contributed by atoms with Crippen LogP contribution in [0.1, 0.15) is 12.0 Å². The van der Waals surface area contributed by atoms with Crippen LogP contribution in [0.2, 0.25) is 0 Å². The summed E-state index contributed by atoms with van der Waals surface area (Å²) in [6, 6.07) is 11.2. The Morgan fingerprint density at radius 3 is 2.20 bits per heavy atom. The quantitative estimate of drug-likeness (QED) is 0.336. The minimum absolute atomic E-state index is 0.0133. The van der Waals surface area contributed by atoms with Crippen LogP contribution in [0.4, 0.5) is 20.4 Å². The molecule has 2 aliphatic heterocycles. The number of imidazole rings is 1. The minimum atomic E-state index is -0.727. The van der Waals surface area contributed by atoms with Gasteiger partial charge in [-0.25, -0.2) is 18.5 Å². The van der Waals surface area contributed by atoms with E-state index in [9.17, 15) is 28.0 Å². The van der Waals surface area contributed by atoms with Crippen molar-refractivity contribution in [1.82, 2.24) is 23.6 Å². The summed E-state index contributed by atoms with van der Waals surface area (Å²) < 4.78 is 32.9. The van der Waals surface area contributed by atoms with Gasteiger partial charge in [0.1, 0.15) is 11.6 Å². The van der Waals surface area contributed by atoms with Crippen molar-refractivity contribution in [2.45, 2.75) is 19.0 Å². The van der Waals surface area contributed by atoms with Gasteiger partial charge in [-0.1, -0.05) is 30.3 Å². The van der Waals surface area contributed by atoms with Gasteiger partial charge in [0, 0.05) is 45.8 Å². The van der Waals surface area contributed by atoms with E-state index in [0.29, 0.717) is 37.7 Å². The molecule has 4 aromatic rings. The zero-order valence-electron chi connectivity index (χ0n) is 22.5. The minimum Gasteiger partial charge on any atom is -0.340 e. The number of aromatic nitrogens is 4. The molecule has 2 fully saturated rings. The predicted octanol–water partition coefficient (Wildman–Crippen LogP) is 1.21. The fraction of sp³-hybridized carbons (Fsp3) is 0.321. The van der Waals surface area contributed by atoms with Crippen molar-refractivity contribution >= 4 is 34.6 Å². The van der Waals surface area contributed by atoms with Crippen LogP contribution in [-0.4, -0.2) is 67.6 Å². The van der Waals surface area contributed by atoms with Crippen molar-refractivity contribution < 1.29 is 18.4 Å². The summed E-state index contributed by atoms with van der Waals surface area (Å²) in [5.41, 5.74) is -0.418. The van der Waals surface area contributed by atoms with Crippen molar-refractivity contribution in [1.29, 1.82) is 0 Å². The molecular formula is C28H27F2N7O4. The Hall–Kier alpha value is -4.65.